The maximum atomic E-state index is 2.33. The van der Waals surface area contributed by atoms with Crippen LogP contribution in [0.4, 0.5) is 0 Å². The van der Waals surface area contributed by atoms with Gasteiger partial charge in [-0.15, -0.1) is 68.0 Å². The Morgan fingerprint density at radius 3 is 1.38 bits per heavy atom. The van der Waals surface area contributed by atoms with Crippen LogP contribution in [0.1, 0.15) is 20.9 Å². The van der Waals surface area contributed by atoms with E-state index in [0.717, 1.165) is 0 Å². The lowest BCUT2D eigenvalue weighted by Crippen LogP contribution is -1.74. The summed E-state index contributed by atoms with van der Waals surface area (Å²) in [6, 6.07) is 17.9. The molecular weight excluding hydrogens is 505 g/mol. The van der Waals surface area contributed by atoms with Gasteiger partial charge in [-0.3, -0.25) is 0 Å². The van der Waals surface area contributed by atoms with Crippen LogP contribution in [0.25, 0.3) is 61.9 Å². The van der Waals surface area contributed by atoms with Crippen LogP contribution in [0.3, 0.4) is 0 Å². The van der Waals surface area contributed by atoms with Crippen molar-refractivity contribution in [1.82, 2.24) is 0 Å². The van der Waals surface area contributed by atoms with Gasteiger partial charge in [0.25, 0.3) is 0 Å². The summed E-state index contributed by atoms with van der Waals surface area (Å²) in [5.74, 6) is 0. The van der Waals surface area contributed by atoms with Gasteiger partial charge in [0.1, 0.15) is 0 Å². The van der Waals surface area contributed by atoms with Crippen LogP contribution in [0.15, 0.2) is 59.3 Å². The monoisotopic (exact) mass is 518 g/mol. The Morgan fingerprint density at radius 1 is 0.438 bits per heavy atom. The van der Waals surface area contributed by atoms with E-state index in [4.69, 9.17) is 0 Å². The highest BCUT2D eigenvalue weighted by atomic mass is 32.2. The maximum Gasteiger partial charge on any atom is 0.0892 e. The van der Waals surface area contributed by atoms with E-state index in [0.29, 0.717) is 0 Å². The molecule has 0 fully saturated rings. The SMILES string of the molecule is C(=C\c1cc2c(s1)sc1sccc12)/c1ccc(/C=C/c2cc3c(s2)sc2sccc23)cc1. The van der Waals surface area contributed by atoms with E-state index in [-0.39, 0.29) is 0 Å². The predicted octanol–water partition coefficient (Wildman–Crippen LogP) is 11.0. The van der Waals surface area contributed by atoms with Gasteiger partial charge < -0.3 is 0 Å². The molecule has 1 aromatic carbocycles. The fourth-order valence-corrected chi connectivity index (χ4v) is 11.2. The second-order valence-electron chi connectivity index (χ2n) is 7.48. The fourth-order valence-electron chi connectivity index (χ4n) is 3.87. The summed E-state index contributed by atoms with van der Waals surface area (Å²) in [7, 11) is 0. The number of fused-ring (bicyclic) bond motifs is 6. The number of hydrogen-bond donors (Lipinski definition) is 0. The third kappa shape index (κ3) is 3.34. The standard InChI is InChI=1S/C26H14S6/c1-2-16(6-8-18-14-22-20-10-12-28-24(20)32-26(22)30-18)4-3-15(1)5-7-17-13-21-19-9-11-27-23(19)31-25(21)29-17/h1-14H/b7-5+,8-6+. The molecule has 154 valence electrons. The summed E-state index contributed by atoms with van der Waals surface area (Å²) in [6.45, 7) is 0. The zero-order valence-electron chi connectivity index (χ0n) is 16.5. The first-order chi connectivity index (χ1) is 15.8. The molecule has 0 amide bonds. The van der Waals surface area contributed by atoms with Gasteiger partial charge in [0.15, 0.2) is 0 Å². The molecule has 0 unspecified atom stereocenters. The highest BCUT2D eigenvalue weighted by Gasteiger charge is 2.10. The Labute approximate surface area is 208 Å². The van der Waals surface area contributed by atoms with E-state index in [9.17, 15) is 0 Å². The second kappa shape index (κ2) is 7.76. The quantitative estimate of drug-likeness (QED) is 0.217. The van der Waals surface area contributed by atoms with Crippen LogP contribution in [0.2, 0.25) is 0 Å². The summed E-state index contributed by atoms with van der Waals surface area (Å²) in [4.78, 5) is 2.64. The predicted molar refractivity (Wildman–Crippen MR) is 154 cm³/mol. The normalized spacial score (nSPS) is 12.8. The average Bonchev–Trinajstić information content (AvgIpc) is 3.59. The molecule has 0 atom stereocenters. The molecule has 0 bridgehead atoms. The molecule has 0 saturated carbocycles. The molecule has 0 aliphatic carbocycles. The lowest BCUT2D eigenvalue weighted by atomic mass is 10.1. The van der Waals surface area contributed by atoms with Crippen LogP contribution < -0.4 is 0 Å². The Hall–Kier alpha value is -2.06. The van der Waals surface area contributed by atoms with Gasteiger partial charge in [-0.2, -0.15) is 0 Å². The highest BCUT2D eigenvalue weighted by Crippen LogP contribution is 2.43. The van der Waals surface area contributed by atoms with E-state index in [1.54, 1.807) is 0 Å². The summed E-state index contributed by atoms with van der Waals surface area (Å²) < 4.78 is 5.74. The minimum Gasteiger partial charge on any atom is -0.133 e. The molecule has 32 heavy (non-hydrogen) atoms. The zero-order chi connectivity index (χ0) is 21.1. The second-order valence-corrected chi connectivity index (χ2v) is 14.6. The first kappa shape index (κ1) is 19.4. The molecule has 0 radical (unpaired) electrons. The van der Waals surface area contributed by atoms with Crippen LogP contribution in [0.5, 0.6) is 0 Å². The lowest BCUT2D eigenvalue weighted by Gasteiger charge is -1.96. The van der Waals surface area contributed by atoms with Gasteiger partial charge in [-0.05, 0) is 58.3 Å². The van der Waals surface area contributed by atoms with E-state index in [1.807, 2.05) is 68.0 Å². The molecule has 0 saturated heterocycles. The van der Waals surface area contributed by atoms with E-state index in [1.165, 1.54) is 58.5 Å². The van der Waals surface area contributed by atoms with Crippen LogP contribution >= 0.6 is 68.0 Å². The average molecular weight is 519 g/mol. The zero-order valence-corrected chi connectivity index (χ0v) is 21.4. The number of hydrogen-bond acceptors (Lipinski definition) is 6. The van der Waals surface area contributed by atoms with Crippen molar-refractivity contribution < 1.29 is 0 Å². The highest BCUT2D eigenvalue weighted by molar-refractivity contribution is 7.49. The third-order valence-corrected chi connectivity index (χ3v) is 12.4. The molecule has 6 aromatic heterocycles. The molecule has 0 aliphatic rings. The van der Waals surface area contributed by atoms with Crippen LogP contribution in [0, 0.1) is 0 Å². The van der Waals surface area contributed by atoms with Gasteiger partial charge >= 0.3 is 0 Å². The Kier molecular flexibility index (Phi) is 4.71. The van der Waals surface area contributed by atoms with E-state index in [2.05, 4.69) is 83.6 Å². The third-order valence-electron chi connectivity index (χ3n) is 5.46. The number of rotatable bonds is 4. The number of thiophene rings is 6. The molecule has 6 heteroatoms. The fraction of sp³-hybridized carbons (Fsp3) is 0. The first-order valence-electron chi connectivity index (χ1n) is 10.1. The van der Waals surface area contributed by atoms with Gasteiger partial charge in [0, 0.05) is 31.3 Å². The van der Waals surface area contributed by atoms with Crippen molar-refractivity contribution in [1.29, 1.82) is 0 Å². The smallest absolute Gasteiger partial charge is 0.0892 e. The van der Waals surface area contributed by atoms with Crippen molar-refractivity contribution in [3.8, 4) is 0 Å². The van der Waals surface area contributed by atoms with Crippen LogP contribution in [-0.4, -0.2) is 0 Å². The minimum absolute atomic E-state index is 1.23. The summed E-state index contributed by atoms with van der Waals surface area (Å²) >= 11 is 11.3. The molecule has 0 nitrogen and oxygen atoms in total. The van der Waals surface area contributed by atoms with E-state index < -0.39 is 0 Å². The lowest BCUT2D eigenvalue weighted by molar-refractivity contribution is 1.63. The van der Waals surface area contributed by atoms with Crippen molar-refractivity contribution in [2.24, 2.45) is 0 Å². The summed E-state index contributed by atoms with van der Waals surface area (Å²) in [6.07, 6.45) is 8.91. The van der Waals surface area contributed by atoms with Crippen LogP contribution in [-0.2, 0) is 0 Å². The van der Waals surface area contributed by atoms with Crippen molar-refractivity contribution in [3.05, 3.63) is 80.2 Å². The Bertz CT molecular complexity index is 1640. The van der Waals surface area contributed by atoms with Crippen molar-refractivity contribution in [2.75, 3.05) is 0 Å². The van der Waals surface area contributed by atoms with Crippen molar-refractivity contribution >= 4 is 130 Å². The van der Waals surface area contributed by atoms with Gasteiger partial charge in [0.05, 0.1) is 16.1 Å². The maximum absolute atomic E-state index is 2.33. The topological polar surface area (TPSA) is 0 Å². The Morgan fingerprint density at radius 2 is 0.906 bits per heavy atom. The van der Waals surface area contributed by atoms with Gasteiger partial charge in [-0.25, -0.2) is 0 Å². The summed E-state index contributed by atoms with van der Waals surface area (Å²) in [5.41, 5.74) is 2.46. The van der Waals surface area contributed by atoms with Crippen molar-refractivity contribution in [2.45, 2.75) is 0 Å². The molecule has 0 N–H and O–H groups in total. The van der Waals surface area contributed by atoms with E-state index >= 15 is 0 Å². The molecule has 0 spiro atoms. The molecule has 7 aromatic rings. The minimum atomic E-state index is 1.23. The molecular formula is C26H14S6. The Balaban J connectivity index is 1.09. The van der Waals surface area contributed by atoms with Crippen molar-refractivity contribution in [3.63, 3.8) is 0 Å². The first-order valence-corrected chi connectivity index (χ1v) is 15.1. The molecule has 7 rings (SSSR count). The molecule has 6 heterocycles. The number of benzene rings is 1. The van der Waals surface area contributed by atoms with Gasteiger partial charge in [0.2, 0.25) is 0 Å². The van der Waals surface area contributed by atoms with Gasteiger partial charge in [-0.1, -0.05) is 36.4 Å². The molecule has 0 aliphatic heterocycles. The summed E-state index contributed by atoms with van der Waals surface area (Å²) in [5, 5.41) is 10.0. The largest absolute Gasteiger partial charge is 0.133 e.